The minimum absolute atomic E-state index is 0.0607. The number of hydrogen-bond acceptors (Lipinski definition) is 6. The highest BCUT2D eigenvalue weighted by atomic mass is 32.2. The van der Waals surface area contributed by atoms with Gasteiger partial charge in [0.1, 0.15) is 0 Å². The van der Waals surface area contributed by atoms with Gasteiger partial charge in [-0.2, -0.15) is 4.31 Å². The van der Waals surface area contributed by atoms with Gasteiger partial charge < -0.3 is 14.8 Å². The Labute approximate surface area is 195 Å². The summed E-state index contributed by atoms with van der Waals surface area (Å²) in [4.78, 5) is 15.2. The Kier molecular flexibility index (Phi) is 8.11. The summed E-state index contributed by atoms with van der Waals surface area (Å²) in [6.07, 6.45) is 0.858. The molecule has 0 bridgehead atoms. The first-order chi connectivity index (χ1) is 16.0. The Balaban J connectivity index is 1.31. The first-order valence-electron chi connectivity index (χ1n) is 11.4. The lowest BCUT2D eigenvalue weighted by Gasteiger charge is -2.27. The molecule has 0 saturated carbocycles. The third-order valence-corrected chi connectivity index (χ3v) is 7.87. The van der Waals surface area contributed by atoms with Crippen LogP contribution in [0.25, 0.3) is 0 Å². The fourth-order valence-electron chi connectivity index (χ4n) is 4.02. The summed E-state index contributed by atoms with van der Waals surface area (Å²) in [6.45, 7) is 5.61. The van der Waals surface area contributed by atoms with Gasteiger partial charge in [0.2, 0.25) is 15.9 Å². The molecule has 9 heteroatoms. The van der Waals surface area contributed by atoms with Crippen LogP contribution in [0.3, 0.4) is 0 Å². The molecule has 0 radical (unpaired) electrons. The number of hydrogen-bond donors (Lipinski definition) is 1. The zero-order chi connectivity index (χ0) is 23.1. The summed E-state index contributed by atoms with van der Waals surface area (Å²) in [6, 6.07) is 14.7. The van der Waals surface area contributed by atoms with Crippen molar-refractivity contribution >= 4 is 21.6 Å². The largest absolute Gasteiger partial charge is 0.379 e. The molecule has 0 unspecified atom stereocenters. The van der Waals surface area contributed by atoms with Crippen LogP contribution in [0, 0.1) is 0 Å². The Morgan fingerprint density at radius 3 is 2.21 bits per heavy atom. The van der Waals surface area contributed by atoms with Crippen LogP contribution in [-0.2, 0) is 37.3 Å². The number of morpholine rings is 2. The van der Waals surface area contributed by atoms with Crippen molar-refractivity contribution in [2.24, 2.45) is 0 Å². The quantitative estimate of drug-likeness (QED) is 0.632. The van der Waals surface area contributed by atoms with Crippen LogP contribution >= 0.6 is 0 Å². The molecule has 178 valence electrons. The van der Waals surface area contributed by atoms with Gasteiger partial charge in [-0.05, 0) is 35.7 Å². The van der Waals surface area contributed by atoms with E-state index in [9.17, 15) is 13.2 Å². The van der Waals surface area contributed by atoms with Gasteiger partial charge in [-0.3, -0.25) is 9.69 Å². The highest BCUT2D eigenvalue weighted by Gasteiger charge is 2.26. The highest BCUT2D eigenvalue weighted by molar-refractivity contribution is 7.89. The van der Waals surface area contributed by atoms with Crippen LogP contribution in [0.15, 0.2) is 53.4 Å². The van der Waals surface area contributed by atoms with Gasteiger partial charge in [0.15, 0.2) is 0 Å². The number of aryl methyl sites for hydroxylation is 1. The summed E-state index contributed by atoms with van der Waals surface area (Å²) in [5.74, 6) is -0.0607. The minimum atomic E-state index is -3.51. The van der Waals surface area contributed by atoms with E-state index in [1.165, 1.54) is 4.31 Å². The molecule has 2 saturated heterocycles. The maximum absolute atomic E-state index is 12.7. The van der Waals surface area contributed by atoms with Crippen LogP contribution in [0.2, 0.25) is 0 Å². The van der Waals surface area contributed by atoms with Gasteiger partial charge >= 0.3 is 0 Å². The number of rotatable bonds is 8. The number of nitrogens with zero attached hydrogens (tertiary/aromatic N) is 2. The van der Waals surface area contributed by atoms with Crippen LogP contribution in [0.5, 0.6) is 0 Å². The number of carbonyl (C=O) groups excluding carboxylic acids is 1. The van der Waals surface area contributed by atoms with E-state index in [0.29, 0.717) is 39.1 Å². The summed E-state index contributed by atoms with van der Waals surface area (Å²) in [5, 5.41) is 3.04. The molecule has 4 rings (SSSR count). The Bertz CT molecular complexity index is 1030. The van der Waals surface area contributed by atoms with E-state index in [1.54, 1.807) is 24.3 Å². The monoisotopic (exact) mass is 473 g/mol. The van der Waals surface area contributed by atoms with Gasteiger partial charge in [-0.15, -0.1) is 0 Å². The van der Waals surface area contributed by atoms with Crippen molar-refractivity contribution < 1.29 is 22.7 Å². The van der Waals surface area contributed by atoms with Gasteiger partial charge in [0, 0.05) is 44.8 Å². The molecule has 1 N–H and O–H groups in total. The SMILES string of the molecule is O=C(CCc1ccc(S(=O)(=O)N2CCOCC2)cc1)Nc1ccccc1CN1CCOCC1. The smallest absolute Gasteiger partial charge is 0.243 e. The van der Waals surface area contributed by atoms with Crippen LogP contribution in [0.1, 0.15) is 17.5 Å². The number of ether oxygens (including phenoxy) is 2. The molecular weight excluding hydrogens is 442 g/mol. The van der Waals surface area contributed by atoms with Gasteiger partial charge in [-0.1, -0.05) is 30.3 Å². The van der Waals surface area contributed by atoms with Crippen molar-refractivity contribution in [2.75, 3.05) is 57.9 Å². The molecule has 33 heavy (non-hydrogen) atoms. The lowest BCUT2D eigenvalue weighted by Crippen LogP contribution is -2.40. The normalized spacial score (nSPS) is 18.2. The standard InChI is InChI=1S/C24H31N3O5S/c28-24(25-23-4-2-1-3-21(23)19-26-11-15-31-16-12-26)10-7-20-5-8-22(9-6-20)33(29,30)27-13-17-32-18-14-27/h1-6,8-9H,7,10-19H2,(H,25,28). The molecule has 0 spiro atoms. The van der Waals surface area contributed by atoms with Gasteiger partial charge in [-0.25, -0.2) is 8.42 Å². The van der Waals surface area contributed by atoms with E-state index >= 15 is 0 Å². The molecule has 2 aromatic rings. The Morgan fingerprint density at radius 2 is 1.52 bits per heavy atom. The third-order valence-electron chi connectivity index (χ3n) is 5.96. The molecule has 2 aliphatic heterocycles. The summed E-state index contributed by atoms with van der Waals surface area (Å²) >= 11 is 0. The van der Waals surface area contributed by atoms with E-state index in [0.717, 1.165) is 49.7 Å². The number of anilines is 1. The van der Waals surface area contributed by atoms with Crippen molar-refractivity contribution in [1.29, 1.82) is 0 Å². The number of sulfonamides is 1. The average molecular weight is 474 g/mol. The average Bonchev–Trinajstić information content (AvgIpc) is 2.85. The lowest BCUT2D eigenvalue weighted by atomic mass is 10.1. The Hall–Kier alpha value is -2.30. The van der Waals surface area contributed by atoms with Gasteiger partial charge in [0.25, 0.3) is 0 Å². The zero-order valence-corrected chi connectivity index (χ0v) is 19.6. The fourth-order valence-corrected chi connectivity index (χ4v) is 5.42. The molecule has 2 heterocycles. The maximum Gasteiger partial charge on any atom is 0.243 e. The molecular formula is C24H31N3O5S. The summed E-state index contributed by atoms with van der Waals surface area (Å²) < 4.78 is 37.6. The summed E-state index contributed by atoms with van der Waals surface area (Å²) in [5.41, 5.74) is 2.85. The van der Waals surface area contributed by atoms with Crippen molar-refractivity contribution in [3.63, 3.8) is 0 Å². The number of nitrogens with one attached hydrogen (secondary N) is 1. The number of carbonyl (C=O) groups is 1. The van der Waals surface area contributed by atoms with E-state index in [1.807, 2.05) is 24.3 Å². The van der Waals surface area contributed by atoms with Crippen molar-refractivity contribution in [3.05, 3.63) is 59.7 Å². The molecule has 2 fully saturated rings. The zero-order valence-electron chi connectivity index (χ0n) is 18.7. The number of benzene rings is 2. The van der Waals surface area contributed by atoms with Crippen LogP contribution < -0.4 is 5.32 Å². The molecule has 8 nitrogen and oxygen atoms in total. The predicted octanol–water partition coefficient (Wildman–Crippen LogP) is 2.11. The van der Waals surface area contributed by atoms with E-state index in [2.05, 4.69) is 10.2 Å². The molecule has 1 amide bonds. The molecule has 0 atom stereocenters. The Morgan fingerprint density at radius 1 is 0.879 bits per heavy atom. The molecule has 0 aliphatic carbocycles. The maximum atomic E-state index is 12.7. The molecule has 2 aromatic carbocycles. The topological polar surface area (TPSA) is 88.2 Å². The van der Waals surface area contributed by atoms with Crippen LogP contribution in [-0.4, -0.2) is 76.1 Å². The van der Waals surface area contributed by atoms with Gasteiger partial charge in [0.05, 0.1) is 31.3 Å². The number of amides is 1. The predicted molar refractivity (Wildman–Crippen MR) is 126 cm³/mol. The first-order valence-corrected chi connectivity index (χ1v) is 12.8. The highest BCUT2D eigenvalue weighted by Crippen LogP contribution is 2.20. The van der Waals surface area contributed by atoms with Crippen molar-refractivity contribution in [3.8, 4) is 0 Å². The van der Waals surface area contributed by atoms with Crippen LogP contribution in [0.4, 0.5) is 5.69 Å². The third kappa shape index (κ3) is 6.39. The van der Waals surface area contributed by atoms with Crippen molar-refractivity contribution in [1.82, 2.24) is 9.21 Å². The number of para-hydroxylation sites is 1. The molecule has 0 aromatic heterocycles. The first kappa shape index (κ1) is 23.8. The van der Waals surface area contributed by atoms with E-state index in [4.69, 9.17) is 9.47 Å². The van der Waals surface area contributed by atoms with E-state index < -0.39 is 10.0 Å². The minimum Gasteiger partial charge on any atom is -0.379 e. The second-order valence-electron chi connectivity index (χ2n) is 8.25. The fraction of sp³-hybridized carbons (Fsp3) is 0.458. The summed E-state index contributed by atoms with van der Waals surface area (Å²) in [7, 11) is -3.51. The van der Waals surface area contributed by atoms with E-state index in [-0.39, 0.29) is 10.8 Å². The second kappa shape index (κ2) is 11.2. The second-order valence-corrected chi connectivity index (χ2v) is 10.2. The molecule has 2 aliphatic rings. The lowest BCUT2D eigenvalue weighted by molar-refractivity contribution is -0.116. The van der Waals surface area contributed by atoms with Crippen molar-refractivity contribution in [2.45, 2.75) is 24.3 Å².